The molecule has 1 heterocycles. The largest absolute Gasteiger partial charge is 0.490 e. The number of rotatable bonds is 37. The van der Waals surface area contributed by atoms with Crippen molar-refractivity contribution in [2.24, 2.45) is 40.7 Å². The maximum absolute atomic E-state index is 13.6. The summed E-state index contributed by atoms with van der Waals surface area (Å²) < 4.78 is 31.7. The second-order valence-corrected chi connectivity index (χ2v) is 21.7. The van der Waals surface area contributed by atoms with Crippen LogP contribution in [0.5, 0.6) is 0 Å². The van der Waals surface area contributed by atoms with Crippen molar-refractivity contribution >= 4 is 82.9 Å². The molecule has 20 N–H and O–H groups in total. The van der Waals surface area contributed by atoms with Gasteiger partial charge in [0.1, 0.15) is 54.4 Å². The van der Waals surface area contributed by atoms with Gasteiger partial charge in [-0.25, -0.2) is 4.79 Å². The highest BCUT2D eigenvalue weighted by atomic mass is 19.4. The maximum Gasteiger partial charge on any atom is 0.490 e. The zero-order chi connectivity index (χ0) is 66.3. The van der Waals surface area contributed by atoms with Crippen LogP contribution in [0.15, 0.2) is 0 Å². The van der Waals surface area contributed by atoms with Gasteiger partial charge in [0.25, 0.3) is 0 Å². The van der Waals surface area contributed by atoms with Crippen molar-refractivity contribution in [3.05, 3.63) is 0 Å². The number of unbranched alkanes of at least 4 members (excludes halogenated alkanes) is 2. The Bertz CT molecular complexity index is 2350. The van der Waals surface area contributed by atoms with Crippen LogP contribution >= 0.6 is 0 Å². The lowest BCUT2D eigenvalue weighted by Gasteiger charge is -2.30. The lowest BCUT2D eigenvalue weighted by atomic mass is 10.0. The van der Waals surface area contributed by atoms with E-state index >= 15 is 0 Å². The molecule has 0 radical (unpaired) electrons. The van der Waals surface area contributed by atoms with Crippen molar-refractivity contribution in [1.29, 1.82) is 0 Å². The van der Waals surface area contributed by atoms with Crippen molar-refractivity contribution in [3.8, 4) is 0 Å². The number of carboxylic acid groups (broad SMARTS) is 3. The van der Waals surface area contributed by atoms with Crippen molar-refractivity contribution in [1.82, 2.24) is 52.8 Å². The van der Waals surface area contributed by atoms with Gasteiger partial charge in [0.05, 0.1) is 19.0 Å². The van der Waals surface area contributed by atoms with Crippen LogP contribution < -0.4 is 70.8 Å². The average Bonchev–Trinajstić information content (AvgIpc) is 3.98. The first kappa shape index (κ1) is 78.2. The Morgan fingerprint density at radius 2 is 1.02 bits per heavy atom. The van der Waals surface area contributed by atoms with E-state index in [1.807, 2.05) is 0 Å². The molecular weight excluding hydrogens is 1150 g/mol. The van der Waals surface area contributed by atoms with Crippen LogP contribution in [-0.2, 0) is 67.1 Å². The quantitative estimate of drug-likeness (QED) is 0.0267. The first-order chi connectivity index (χ1) is 39.9. The van der Waals surface area contributed by atoms with Gasteiger partial charge in [-0.1, -0.05) is 41.5 Å². The van der Waals surface area contributed by atoms with Gasteiger partial charge in [-0.2, -0.15) is 13.2 Å². The first-order valence-corrected chi connectivity index (χ1v) is 28.1. The lowest BCUT2D eigenvalue weighted by molar-refractivity contribution is -0.192. The predicted molar refractivity (Wildman–Crippen MR) is 299 cm³/mol. The van der Waals surface area contributed by atoms with E-state index in [9.17, 15) is 80.6 Å². The van der Waals surface area contributed by atoms with Crippen LogP contribution in [0.3, 0.4) is 0 Å². The third-order valence-corrected chi connectivity index (χ3v) is 13.0. The molecule has 11 amide bonds. The second-order valence-electron chi connectivity index (χ2n) is 21.7. The van der Waals surface area contributed by atoms with Gasteiger partial charge in [0.2, 0.25) is 65.0 Å². The van der Waals surface area contributed by atoms with Crippen LogP contribution in [0, 0.1) is 17.8 Å². The molecule has 31 nitrogen and oxygen atoms in total. The molecule has 490 valence electrons. The number of alkyl halides is 3. The molecule has 1 saturated heterocycles. The summed E-state index contributed by atoms with van der Waals surface area (Å²) in [6.45, 7) is 12.7. The maximum atomic E-state index is 13.6. The van der Waals surface area contributed by atoms with E-state index in [0.29, 0.717) is 38.6 Å². The first-order valence-electron chi connectivity index (χ1n) is 28.1. The molecule has 0 unspecified atom stereocenters. The molecule has 1 rings (SSSR count). The Balaban J connectivity index is 0.00000966. The number of aliphatic carboxylic acids is 3. The number of hydrogen-bond donors (Lipinski definition) is 16. The molecule has 86 heavy (non-hydrogen) atoms. The highest BCUT2D eigenvalue weighted by Gasteiger charge is 2.40. The Morgan fingerprint density at radius 1 is 0.558 bits per heavy atom. The molecule has 0 bridgehead atoms. The molecule has 0 aromatic heterocycles. The number of primary amides is 1. The summed E-state index contributed by atoms with van der Waals surface area (Å²) in [6.07, 6.45) is -3.85. The van der Waals surface area contributed by atoms with Crippen molar-refractivity contribution in [2.45, 2.75) is 199 Å². The fourth-order valence-corrected chi connectivity index (χ4v) is 8.28. The van der Waals surface area contributed by atoms with Gasteiger partial charge in [-0.15, -0.1) is 0 Å². The normalized spacial score (nSPS) is 16.2. The number of likely N-dealkylation sites (tertiary alicyclic amines) is 1. The number of halogens is 3. The van der Waals surface area contributed by atoms with Crippen LogP contribution in [0.25, 0.3) is 0 Å². The molecule has 1 fully saturated rings. The third kappa shape index (κ3) is 29.9. The summed E-state index contributed by atoms with van der Waals surface area (Å²) in [4.78, 5) is 179. The van der Waals surface area contributed by atoms with E-state index in [0.717, 1.165) is 0 Å². The molecular formula is C52H89F3N14O17. The van der Waals surface area contributed by atoms with Gasteiger partial charge in [0.15, 0.2) is 0 Å². The summed E-state index contributed by atoms with van der Waals surface area (Å²) >= 11 is 0. The summed E-state index contributed by atoms with van der Waals surface area (Å²) in [5.74, 6) is -15.6. The predicted octanol–water partition coefficient (Wildman–Crippen LogP) is -3.59. The zero-order valence-electron chi connectivity index (χ0n) is 49.8. The third-order valence-electron chi connectivity index (χ3n) is 13.0. The number of carboxylic acids is 3. The minimum atomic E-state index is -5.08. The minimum Gasteiger partial charge on any atom is -0.481 e. The molecule has 0 saturated carbocycles. The summed E-state index contributed by atoms with van der Waals surface area (Å²) in [6, 6.07) is -12.7. The van der Waals surface area contributed by atoms with Gasteiger partial charge in [-0.05, 0) is 109 Å². The molecule has 1 aliphatic heterocycles. The lowest BCUT2D eigenvalue weighted by Crippen LogP contribution is -2.60. The topological polar surface area (TPSA) is 515 Å². The smallest absolute Gasteiger partial charge is 0.481 e. The van der Waals surface area contributed by atoms with Crippen molar-refractivity contribution in [3.63, 3.8) is 0 Å². The summed E-state index contributed by atoms with van der Waals surface area (Å²) in [5.41, 5.74) is 22.7. The standard InChI is InChI=1S/C50H88N14O15.C2HF3O2/c1-25(2)22-33(44(73)55-24-36(65)58-31(14-9-11-19-51)45(74)56-28(7)42(71)59-32(15-10-12-20-52)46(75)62-39(26(3)4)41(54)70)60-43(72)29(8)57-47(76)34(23-38(68)69)61-49(78)40(27(5)6)63-48(77)35-16-13-21-64(35)50(79)30(53)17-18-37(66)67;3-2(4,5)1(6)7/h25-35,39-40H,9-24,51-53H2,1-8H3,(H2,54,70)(H,55,73)(H,56,74)(H,57,76)(H,58,65)(H,59,71)(H,60,72)(H,61,78)(H,62,75)(H,63,77)(H,66,67)(H,68,69);(H,6,7)/t28-,29-,30-,31-,32-,33-,34-,35-,39-,40-;/m0./s1. The number of nitrogens with zero attached hydrogens (tertiary/aromatic N) is 1. The Morgan fingerprint density at radius 3 is 1.47 bits per heavy atom. The molecule has 0 aliphatic carbocycles. The number of nitrogens with two attached hydrogens (primary N) is 4. The van der Waals surface area contributed by atoms with E-state index in [2.05, 4.69) is 47.9 Å². The molecule has 0 spiro atoms. The van der Waals surface area contributed by atoms with Crippen LogP contribution in [0.2, 0.25) is 0 Å². The summed E-state index contributed by atoms with van der Waals surface area (Å²) in [7, 11) is 0. The number of hydrogen-bond acceptors (Lipinski definition) is 17. The van der Waals surface area contributed by atoms with Crippen molar-refractivity contribution in [2.75, 3.05) is 26.2 Å². The molecule has 0 aromatic rings. The Hall–Kier alpha value is -7.75. The number of carbonyl (C=O) groups is 14. The van der Waals surface area contributed by atoms with E-state index in [1.54, 1.807) is 41.5 Å². The van der Waals surface area contributed by atoms with Crippen LogP contribution in [0.4, 0.5) is 13.2 Å². The zero-order valence-corrected chi connectivity index (χ0v) is 49.8. The number of nitrogens with one attached hydrogen (secondary N) is 9. The highest BCUT2D eigenvalue weighted by molar-refractivity contribution is 5.99. The number of carbonyl (C=O) groups excluding carboxylic acids is 11. The monoisotopic (exact) mass is 1240 g/mol. The molecule has 0 aromatic carbocycles. The average molecular weight is 1240 g/mol. The SMILES string of the molecule is CC(C)C[C@H](NC(=O)[C@H](C)NC(=O)[C@H](CC(=O)O)NC(=O)[C@@H](NC(=O)[C@@H]1CCCN1C(=O)[C@@H](N)CCC(=O)O)C(C)C)C(=O)NCC(=O)N[C@@H](CCCCN)C(=O)N[C@@H](C)C(=O)N[C@@H](CCCCN)C(=O)N[C@H](C(N)=O)C(C)C.O=C(O)C(F)(F)F. The molecule has 10 atom stereocenters. The number of amides is 11. The fraction of sp³-hybridized carbons (Fsp3) is 0.731. The minimum absolute atomic E-state index is 0.0349. The second kappa shape index (κ2) is 39.0. The van der Waals surface area contributed by atoms with E-state index < -0.39 is 168 Å². The molecule has 1 aliphatic rings. The van der Waals surface area contributed by atoms with Gasteiger partial charge in [0, 0.05) is 13.0 Å². The Labute approximate surface area is 496 Å². The van der Waals surface area contributed by atoms with Crippen molar-refractivity contribution < 1.29 is 95.6 Å². The van der Waals surface area contributed by atoms with Crippen LogP contribution in [-0.4, -0.2) is 196 Å². The van der Waals surface area contributed by atoms with Gasteiger partial charge >= 0.3 is 24.1 Å². The van der Waals surface area contributed by atoms with Crippen LogP contribution in [0.1, 0.15) is 132 Å². The highest BCUT2D eigenvalue weighted by Crippen LogP contribution is 2.20. The van der Waals surface area contributed by atoms with Gasteiger partial charge in [-0.3, -0.25) is 62.3 Å². The van der Waals surface area contributed by atoms with E-state index in [1.165, 1.54) is 18.7 Å². The Kier molecular flexibility index (Phi) is 35.5. The van der Waals surface area contributed by atoms with E-state index in [-0.39, 0.29) is 63.5 Å². The van der Waals surface area contributed by atoms with E-state index in [4.69, 9.17) is 37.9 Å². The summed E-state index contributed by atoms with van der Waals surface area (Å²) in [5, 5.41) is 48.2. The molecule has 34 heteroatoms. The fourth-order valence-electron chi connectivity index (χ4n) is 8.28. The van der Waals surface area contributed by atoms with Gasteiger partial charge < -0.3 is 91.0 Å².